The van der Waals surface area contributed by atoms with Crippen LogP contribution in [0.3, 0.4) is 0 Å². The number of rotatable bonds is 15. The predicted molar refractivity (Wildman–Crippen MR) is 175 cm³/mol. The van der Waals surface area contributed by atoms with Gasteiger partial charge in [-0.15, -0.1) is 12.8 Å². The maximum Gasteiger partial charge on any atom is 0.328 e. The number of terminal acetylenes is 2. The van der Waals surface area contributed by atoms with E-state index >= 15 is 0 Å². The van der Waals surface area contributed by atoms with Crippen molar-refractivity contribution in [1.82, 2.24) is 0 Å². The molecule has 2 aromatic carbocycles. The molecule has 0 aliphatic carbocycles. The second kappa shape index (κ2) is 16.3. The standard InChI is InChI=1S/C33H42O6S2Si/c1-10-26-12-16-28(17-13-26)20-37-30(34)33(22-36-24-40-41-25(3)4,23-39-42(8,9)32(5,6)7)31(35)38-21-29-18-14-27(11-2)15-19-29/h1-2,12-19,25H,20-24H2,3-9H3. The lowest BCUT2D eigenvalue weighted by Gasteiger charge is -2.39. The first-order valence-electron chi connectivity index (χ1n) is 13.7. The average Bonchev–Trinajstić information content (AvgIpc) is 2.95. The Morgan fingerprint density at radius 3 is 1.67 bits per heavy atom. The molecule has 0 radical (unpaired) electrons. The molecule has 2 aromatic rings. The monoisotopic (exact) mass is 626 g/mol. The summed E-state index contributed by atoms with van der Waals surface area (Å²) >= 11 is 0. The molecule has 0 heterocycles. The fourth-order valence-corrected chi connectivity index (χ4v) is 5.97. The van der Waals surface area contributed by atoms with Crippen LogP contribution in [0.4, 0.5) is 0 Å². The molecule has 226 valence electrons. The minimum absolute atomic E-state index is 0.0513. The zero-order valence-electron chi connectivity index (χ0n) is 25.7. The molecule has 0 amide bonds. The highest BCUT2D eigenvalue weighted by atomic mass is 33.1. The van der Waals surface area contributed by atoms with Gasteiger partial charge in [0.25, 0.3) is 0 Å². The largest absolute Gasteiger partial charge is 0.460 e. The predicted octanol–water partition coefficient (Wildman–Crippen LogP) is 7.21. The van der Waals surface area contributed by atoms with E-state index in [4.69, 9.17) is 31.5 Å². The molecule has 2 rings (SSSR count). The average molecular weight is 627 g/mol. The zero-order valence-corrected chi connectivity index (χ0v) is 28.3. The third-order valence-electron chi connectivity index (χ3n) is 6.99. The number of esters is 2. The summed E-state index contributed by atoms with van der Waals surface area (Å²) in [5.41, 5.74) is 1.05. The Hall–Kier alpha value is -2.66. The number of hydrogen-bond donors (Lipinski definition) is 0. The number of ether oxygens (including phenoxy) is 3. The zero-order chi connectivity index (χ0) is 31.4. The van der Waals surface area contributed by atoms with Gasteiger partial charge < -0.3 is 18.6 Å². The van der Waals surface area contributed by atoms with Crippen molar-refractivity contribution < 1.29 is 28.2 Å². The normalized spacial score (nSPS) is 12.0. The van der Waals surface area contributed by atoms with E-state index in [1.54, 1.807) is 59.3 Å². The van der Waals surface area contributed by atoms with Crippen LogP contribution in [0.25, 0.3) is 0 Å². The maximum absolute atomic E-state index is 13.9. The van der Waals surface area contributed by atoms with Crippen LogP contribution in [0.5, 0.6) is 0 Å². The van der Waals surface area contributed by atoms with Crippen LogP contribution in [0.15, 0.2) is 48.5 Å². The highest BCUT2D eigenvalue weighted by Gasteiger charge is 2.52. The van der Waals surface area contributed by atoms with Crippen molar-refractivity contribution in [3.05, 3.63) is 70.8 Å². The van der Waals surface area contributed by atoms with Crippen molar-refractivity contribution in [2.75, 3.05) is 19.2 Å². The molecule has 6 nitrogen and oxygen atoms in total. The van der Waals surface area contributed by atoms with Crippen LogP contribution in [-0.2, 0) is 41.4 Å². The Balaban J connectivity index is 2.37. The van der Waals surface area contributed by atoms with Gasteiger partial charge in [-0.3, -0.25) is 9.59 Å². The van der Waals surface area contributed by atoms with Gasteiger partial charge in [-0.2, -0.15) is 0 Å². The lowest BCUT2D eigenvalue weighted by Crippen LogP contribution is -2.53. The van der Waals surface area contributed by atoms with Crippen molar-refractivity contribution in [1.29, 1.82) is 0 Å². The van der Waals surface area contributed by atoms with Crippen molar-refractivity contribution >= 4 is 41.8 Å². The van der Waals surface area contributed by atoms with E-state index in [0.717, 1.165) is 11.1 Å². The van der Waals surface area contributed by atoms with E-state index in [1.807, 2.05) is 0 Å². The van der Waals surface area contributed by atoms with E-state index < -0.39 is 25.7 Å². The molecule has 0 spiro atoms. The first kappa shape index (κ1) is 35.5. The smallest absolute Gasteiger partial charge is 0.328 e. The number of carbonyl (C=O) groups is 2. The van der Waals surface area contributed by atoms with Gasteiger partial charge in [-0.05, 0) is 53.5 Å². The van der Waals surface area contributed by atoms with Gasteiger partial charge in [0.15, 0.2) is 8.32 Å². The van der Waals surface area contributed by atoms with Gasteiger partial charge in [0.05, 0.1) is 13.2 Å². The molecular formula is C33H42O6S2Si. The van der Waals surface area contributed by atoms with Crippen LogP contribution >= 0.6 is 21.6 Å². The van der Waals surface area contributed by atoms with Gasteiger partial charge in [-0.1, -0.05) is 92.3 Å². The summed E-state index contributed by atoms with van der Waals surface area (Å²) in [5, 5.41) is 0.233. The molecule has 0 saturated heterocycles. The second-order valence-corrected chi connectivity index (χ2v) is 19.4. The van der Waals surface area contributed by atoms with Crippen molar-refractivity contribution in [2.45, 2.75) is 71.2 Å². The quantitative estimate of drug-likeness (QED) is 0.0391. The van der Waals surface area contributed by atoms with E-state index in [1.165, 1.54) is 10.8 Å². The first-order valence-corrected chi connectivity index (χ1v) is 19.0. The molecule has 0 unspecified atom stereocenters. The SMILES string of the molecule is C#Cc1ccc(COC(=O)C(COCSSC(C)C)(CO[Si](C)(C)C(C)(C)C)C(=O)OCc2ccc(C#C)cc2)cc1. The van der Waals surface area contributed by atoms with Crippen LogP contribution in [0.1, 0.15) is 56.9 Å². The fraction of sp³-hybridized carbons (Fsp3) is 0.455. The van der Waals surface area contributed by atoms with E-state index in [2.05, 4.69) is 59.6 Å². The summed E-state index contributed by atoms with van der Waals surface area (Å²) in [6.07, 6.45) is 10.9. The molecule has 0 aliphatic heterocycles. The fourth-order valence-electron chi connectivity index (χ4n) is 3.26. The lowest BCUT2D eigenvalue weighted by molar-refractivity contribution is -0.181. The highest BCUT2D eigenvalue weighted by molar-refractivity contribution is 8.76. The molecule has 0 N–H and O–H groups in total. The first-order chi connectivity index (χ1) is 19.7. The Morgan fingerprint density at radius 2 is 1.29 bits per heavy atom. The Bertz CT molecular complexity index is 1180. The van der Waals surface area contributed by atoms with E-state index in [0.29, 0.717) is 16.4 Å². The van der Waals surface area contributed by atoms with Crippen LogP contribution in [0, 0.1) is 30.1 Å². The van der Waals surface area contributed by atoms with Crippen molar-refractivity contribution in [3.8, 4) is 24.7 Å². The van der Waals surface area contributed by atoms with Crippen molar-refractivity contribution in [3.63, 3.8) is 0 Å². The molecule has 0 atom stereocenters. The van der Waals surface area contributed by atoms with Gasteiger partial charge in [0.2, 0.25) is 5.41 Å². The molecule has 9 heteroatoms. The Kier molecular flexibility index (Phi) is 13.8. The third-order valence-corrected chi connectivity index (χ3v) is 14.1. The van der Waals surface area contributed by atoms with Gasteiger partial charge in [-0.25, -0.2) is 0 Å². The third kappa shape index (κ3) is 10.6. The van der Waals surface area contributed by atoms with Crippen LogP contribution < -0.4 is 0 Å². The summed E-state index contributed by atoms with van der Waals surface area (Å²) in [6, 6.07) is 14.2. The van der Waals surface area contributed by atoms with Crippen LogP contribution in [0.2, 0.25) is 18.1 Å². The highest BCUT2D eigenvalue weighted by Crippen LogP contribution is 2.38. The minimum Gasteiger partial charge on any atom is -0.460 e. The summed E-state index contributed by atoms with van der Waals surface area (Å²) in [5.74, 6) is 3.86. The molecule has 0 aliphatic rings. The second-order valence-electron chi connectivity index (χ2n) is 11.7. The molecule has 0 bridgehead atoms. The van der Waals surface area contributed by atoms with Crippen LogP contribution in [-0.4, -0.2) is 44.7 Å². The number of carbonyl (C=O) groups excluding carboxylic acids is 2. The number of hydrogen-bond acceptors (Lipinski definition) is 8. The number of benzene rings is 2. The summed E-state index contributed by atoms with van der Waals surface area (Å²) < 4.78 is 23.9. The molecular weight excluding hydrogens is 585 g/mol. The summed E-state index contributed by atoms with van der Waals surface area (Å²) in [6.45, 7) is 14.0. The summed E-state index contributed by atoms with van der Waals surface area (Å²) in [4.78, 5) is 27.8. The van der Waals surface area contributed by atoms with E-state index in [9.17, 15) is 9.59 Å². The summed E-state index contributed by atoms with van der Waals surface area (Å²) in [7, 11) is 0.765. The molecule has 0 aromatic heterocycles. The topological polar surface area (TPSA) is 71.1 Å². The Morgan fingerprint density at radius 1 is 0.833 bits per heavy atom. The minimum atomic E-state index is -2.39. The molecule has 0 saturated carbocycles. The van der Waals surface area contributed by atoms with Crippen molar-refractivity contribution in [2.24, 2.45) is 5.41 Å². The van der Waals surface area contributed by atoms with Gasteiger partial charge in [0, 0.05) is 16.4 Å². The maximum atomic E-state index is 13.9. The molecule has 0 fully saturated rings. The lowest BCUT2D eigenvalue weighted by atomic mass is 9.90. The van der Waals surface area contributed by atoms with E-state index in [-0.39, 0.29) is 37.4 Å². The Labute approximate surface area is 260 Å². The van der Waals surface area contributed by atoms with Gasteiger partial charge in [0.1, 0.15) is 19.2 Å². The van der Waals surface area contributed by atoms with Gasteiger partial charge >= 0.3 is 11.9 Å². The molecule has 42 heavy (non-hydrogen) atoms.